The van der Waals surface area contributed by atoms with Crippen molar-refractivity contribution in [1.29, 1.82) is 0 Å². The number of halogens is 3. The van der Waals surface area contributed by atoms with E-state index >= 15 is 0 Å². The van der Waals surface area contributed by atoms with Gasteiger partial charge in [0, 0.05) is 12.7 Å². The molecular formula is C12H11F3N2S. The Balaban J connectivity index is 1.93. The maximum Gasteiger partial charge on any atom is 0.416 e. The molecule has 0 atom stereocenters. The lowest BCUT2D eigenvalue weighted by Gasteiger charge is -2.09. The van der Waals surface area contributed by atoms with Gasteiger partial charge >= 0.3 is 6.18 Å². The van der Waals surface area contributed by atoms with Crippen LogP contribution in [-0.4, -0.2) is 11.5 Å². The zero-order valence-electron chi connectivity index (χ0n) is 9.37. The lowest BCUT2D eigenvalue weighted by Crippen LogP contribution is -2.09. The summed E-state index contributed by atoms with van der Waals surface area (Å²) in [6.07, 6.45) is -2.40. The average Bonchev–Trinajstić information content (AvgIpc) is 2.81. The van der Waals surface area contributed by atoms with Crippen LogP contribution in [0.3, 0.4) is 0 Å². The van der Waals surface area contributed by atoms with Gasteiger partial charge in [-0.05, 0) is 40.9 Å². The molecule has 6 heteroatoms. The molecule has 0 saturated heterocycles. The molecule has 0 bridgehead atoms. The summed E-state index contributed by atoms with van der Waals surface area (Å²) in [5, 5.41) is 6.87. The van der Waals surface area contributed by atoms with Gasteiger partial charge in [0.05, 0.1) is 5.56 Å². The minimum Gasteiger partial charge on any atom is -0.370 e. The van der Waals surface area contributed by atoms with E-state index in [1.807, 2.05) is 16.8 Å². The summed E-state index contributed by atoms with van der Waals surface area (Å²) >= 11 is 1.60. The summed E-state index contributed by atoms with van der Waals surface area (Å²) in [6.45, 7) is 0.561. The Morgan fingerprint density at radius 2 is 2.11 bits per heavy atom. The van der Waals surface area contributed by atoms with E-state index in [1.54, 1.807) is 11.3 Å². The molecule has 2 nitrogen and oxygen atoms in total. The van der Waals surface area contributed by atoms with E-state index in [2.05, 4.69) is 10.3 Å². The van der Waals surface area contributed by atoms with Gasteiger partial charge in [0.1, 0.15) is 5.82 Å². The SMILES string of the molecule is FC(F)(F)c1ccnc(NCCc2ccsc2)c1. The fraction of sp³-hybridized carbons (Fsp3) is 0.250. The van der Waals surface area contributed by atoms with Crippen molar-refractivity contribution in [3.63, 3.8) is 0 Å². The van der Waals surface area contributed by atoms with E-state index in [-0.39, 0.29) is 5.82 Å². The monoisotopic (exact) mass is 272 g/mol. The summed E-state index contributed by atoms with van der Waals surface area (Å²) in [6, 6.07) is 3.98. The lowest BCUT2D eigenvalue weighted by molar-refractivity contribution is -0.137. The van der Waals surface area contributed by atoms with E-state index in [9.17, 15) is 13.2 Å². The van der Waals surface area contributed by atoms with Crippen LogP contribution in [0.5, 0.6) is 0 Å². The van der Waals surface area contributed by atoms with Crippen LogP contribution < -0.4 is 5.32 Å². The number of hydrogen-bond donors (Lipinski definition) is 1. The van der Waals surface area contributed by atoms with E-state index in [0.717, 1.165) is 24.8 Å². The highest BCUT2D eigenvalue weighted by Gasteiger charge is 2.30. The number of thiophene rings is 1. The largest absolute Gasteiger partial charge is 0.416 e. The van der Waals surface area contributed by atoms with Crippen LogP contribution in [0, 0.1) is 0 Å². The molecule has 96 valence electrons. The average molecular weight is 272 g/mol. The van der Waals surface area contributed by atoms with Crippen molar-refractivity contribution >= 4 is 17.2 Å². The minimum atomic E-state index is -4.33. The van der Waals surface area contributed by atoms with Gasteiger partial charge < -0.3 is 5.32 Å². The Kier molecular flexibility index (Phi) is 3.86. The third kappa shape index (κ3) is 3.46. The Morgan fingerprint density at radius 1 is 1.28 bits per heavy atom. The number of pyridine rings is 1. The number of hydrogen-bond acceptors (Lipinski definition) is 3. The predicted octanol–water partition coefficient (Wildman–Crippen LogP) is 3.82. The predicted molar refractivity (Wildman–Crippen MR) is 65.8 cm³/mol. The van der Waals surface area contributed by atoms with Gasteiger partial charge in [-0.1, -0.05) is 0 Å². The zero-order chi connectivity index (χ0) is 13.0. The maximum atomic E-state index is 12.5. The minimum absolute atomic E-state index is 0.250. The zero-order valence-corrected chi connectivity index (χ0v) is 10.2. The van der Waals surface area contributed by atoms with E-state index < -0.39 is 11.7 Å². The summed E-state index contributed by atoms with van der Waals surface area (Å²) in [7, 11) is 0. The molecule has 2 heterocycles. The Labute approximate surface area is 106 Å². The van der Waals surface area contributed by atoms with Gasteiger partial charge in [-0.2, -0.15) is 24.5 Å². The lowest BCUT2D eigenvalue weighted by atomic mass is 10.2. The highest BCUT2D eigenvalue weighted by molar-refractivity contribution is 7.07. The first-order valence-electron chi connectivity index (χ1n) is 5.34. The van der Waals surface area contributed by atoms with Crippen molar-refractivity contribution in [3.05, 3.63) is 46.3 Å². The number of aromatic nitrogens is 1. The van der Waals surface area contributed by atoms with Gasteiger partial charge in [-0.15, -0.1) is 0 Å². The molecule has 0 aliphatic carbocycles. The molecule has 0 fully saturated rings. The van der Waals surface area contributed by atoms with Crippen LogP contribution in [0.4, 0.5) is 19.0 Å². The molecule has 0 aliphatic rings. The molecule has 0 amide bonds. The molecule has 0 saturated carbocycles. The van der Waals surface area contributed by atoms with E-state index in [0.29, 0.717) is 6.54 Å². The molecule has 0 aliphatic heterocycles. The van der Waals surface area contributed by atoms with Crippen molar-refractivity contribution in [2.75, 3.05) is 11.9 Å². The second-order valence-corrected chi connectivity index (χ2v) is 4.52. The summed E-state index contributed by atoms with van der Waals surface area (Å²) in [5.41, 5.74) is 0.481. The van der Waals surface area contributed by atoms with Crippen LogP contribution >= 0.6 is 11.3 Å². The van der Waals surface area contributed by atoms with Crippen LogP contribution in [0.2, 0.25) is 0 Å². The molecule has 2 aromatic heterocycles. The summed E-state index contributed by atoms with van der Waals surface area (Å²) in [5.74, 6) is 0.250. The molecule has 18 heavy (non-hydrogen) atoms. The van der Waals surface area contributed by atoms with Crippen molar-refractivity contribution in [2.24, 2.45) is 0 Å². The van der Waals surface area contributed by atoms with E-state index in [1.165, 1.54) is 5.56 Å². The first-order valence-corrected chi connectivity index (χ1v) is 6.28. The fourth-order valence-electron chi connectivity index (χ4n) is 1.47. The number of rotatable bonds is 4. The molecular weight excluding hydrogens is 261 g/mol. The normalized spacial score (nSPS) is 11.5. The highest BCUT2D eigenvalue weighted by Crippen LogP contribution is 2.29. The third-order valence-electron chi connectivity index (χ3n) is 2.39. The Hall–Kier alpha value is -1.56. The Bertz CT molecular complexity index is 494. The molecule has 1 N–H and O–H groups in total. The molecule has 2 rings (SSSR count). The smallest absolute Gasteiger partial charge is 0.370 e. The Morgan fingerprint density at radius 3 is 2.78 bits per heavy atom. The maximum absolute atomic E-state index is 12.5. The molecule has 0 aromatic carbocycles. The number of alkyl halides is 3. The molecule has 0 unspecified atom stereocenters. The van der Waals surface area contributed by atoms with Gasteiger partial charge in [0.25, 0.3) is 0 Å². The van der Waals surface area contributed by atoms with Gasteiger partial charge in [-0.25, -0.2) is 4.98 Å². The van der Waals surface area contributed by atoms with Crippen LogP contribution in [0.1, 0.15) is 11.1 Å². The second kappa shape index (κ2) is 5.39. The van der Waals surface area contributed by atoms with Gasteiger partial charge in [0.15, 0.2) is 0 Å². The van der Waals surface area contributed by atoms with E-state index in [4.69, 9.17) is 0 Å². The van der Waals surface area contributed by atoms with Crippen LogP contribution in [0.15, 0.2) is 35.2 Å². The quantitative estimate of drug-likeness (QED) is 0.915. The number of anilines is 1. The van der Waals surface area contributed by atoms with Crippen LogP contribution in [0.25, 0.3) is 0 Å². The van der Waals surface area contributed by atoms with Crippen molar-refractivity contribution in [1.82, 2.24) is 4.98 Å². The van der Waals surface area contributed by atoms with Crippen molar-refractivity contribution in [2.45, 2.75) is 12.6 Å². The highest BCUT2D eigenvalue weighted by atomic mass is 32.1. The summed E-state index contributed by atoms with van der Waals surface area (Å²) < 4.78 is 37.4. The standard InChI is InChI=1S/C12H11F3N2S/c13-12(14,15)10-2-5-17-11(7-10)16-4-1-9-3-6-18-8-9/h2-3,5-8H,1,4H2,(H,16,17). The molecule has 0 spiro atoms. The van der Waals surface area contributed by atoms with Gasteiger partial charge in [-0.3, -0.25) is 0 Å². The molecule has 2 aromatic rings. The first kappa shape index (κ1) is 12.9. The molecule has 0 radical (unpaired) electrons. The van der Waals surface area contributed by atoms with Crippen molar-refractivity contribution < 1.29 is 13.2 Å². The number of nitrogens with zero attached hydrogens (tertiary/aromatic N) is 1. The number of nitrogens with one attached hydrogen (secondary N) is 1. The third-order valence-corrected chi connectivity index (χ3v) is 3.12. The first-order chi connectivity index (χ1) is 8.55. The van der Waals surface area contributed by atoms with Crippen LogP contribution in [-0.2, 0) is 12.6 Å². The fourth-order valence-corrected chi connectivity index (χ4v) is 2.18. The van der Waals surface area contributed by atoms with Crippen molar-refractivity contribution in [3.8, 4) is 0 Å². The topological polar surface area (TPSA) is 24.9 Å². The summed E-state index contributed by atoms with van der Waals surface area (Å²) in [4.78, 5) is 3.86. The van der Waals surface area contributed by atoms with Gasteiger partial charge in [0.2, 0.25) is 0 Å². The second-order valence-electron chi connectivity index (χ2n) is 3.74.